The van der Waals surface area contributed by atoms with Crippen LogP contribution in [0.4, 0.5) is 0 Å². The number of carboxylic acids is 3. The maximum absolute atomic E-state index is 10.3. The topological polar surface area (TPSA) is 132 Å². The molecule has 0 spiro atoms. The SMILES string of the molecule is CCCCCCCC.O=C(O)CC(O)(CC(=O)O)C(=O)O. The van der Waals surface area contributed by atoms with Gasteiger partial charge >= 0.3 is 17.9 Å². The summed E-state index contributed by atoms with van der Waals surface area (Å²) in [6, 6.07) is 0. The molecule has 0 fully saturated rings. The van der Waals surface area contributed by atoms with Gasteiger partial charge in [0.05, 0.1) is 12.8 Å². The third kappa shape index (κ3) is 13.1. The van der Waals surface area contributed by atoms with Crippen LogP contribution in [0.25, 0.3) is 0 Å². The summed E-state index contributed by atoms with van der Waals surface area (Å²) in [4.78, 5) is 30.5. The quantitative estimate of drug-likeness (QED) is 0.454. The van der Waals surface area contributed by atoms with E-state index >= 15 is 0 Å². The average Bonchev–Trinajstić information content (AvgIpc) is 2.33. The first-order valence-electron chi connectivity index (χ1n) is 7.09. The lowest BCUT2D eigenvalue weighted by atomic mass is 9.96. The van der Waals surface area contributed by atoms with Crippen LogP contribution in [0.1, 0.15) is 65.2 Å². The maximum atomic E-state index is 10.3. The Labute approximate surface area is 124 Å². The molecule has 124 valence electrons. The maximum Gasteiger partial charge on any atom is 0.336 e. The molecule has 0 bridgehead atoms. The highest BCUT2D eigenvalue weighted by atomic mass is 16.4. The fourth-order valence-corrected chi connectivity index (χ4v) is 1.57. The highest BCUT2D eigenvalue weighted by Crippen LogP contribution is 2.15. The molecule has 0 rings (SSSR count). The van der Waals surface area contributed by atoms with Gasteiger partial charge in [-0.05, 0) is 0 Å². The standard InChI is InChI=1S/C8H18.C6H8O7/c1-3-5-7-8-6-4-2;7-3(8)1-6(13,5(11)12)2-4(9)10/h3-8H2,1-2H3;13H,1-2H2,(H,7,8)(H,9,10)(H,11,12). The smallest absolute Gasteiger partial charge is 0.336 e. The van der Waals surface area contributed by atoms with Crippen LogP contribution in [0.5, 0.6) is 0 Å². The molecule has 0 saturated heterocycles. The van der Waals surface area contributed by atoms with Gasteiger partial charge in [-0.2, -0.15) is 0 Å². The van der Waals surface area contributed by atoms with Gasteiger partial charge in [0.25, 0.3) is 0 Å². The highest BCUT2D eigenvalue weighted by Gasteiger charge is 2.40. The third-order valence-electron chi connectivity index (χ3n) is 2.74. The Morgan fingerprint density at radius 2 is 1.10 bits per heavy atom. The van der Waals surface area contributed by atoms with Crippen LogP contribution in [-0.2, 0) is 14.4 Å². The largest absolute Gasteiger partial charge is 0.481 e. The van der Waals surface area contributed by atoms with Crippen LogP contribution in [-0.4, -0.2) is 43.9 Å². The molecule has 0 heterocycles. The van der Waals surface area contributed by atoms with E-state index in [4.69, 9.17) is 20.4 Å². The van der Waals surface area contributed by atoms with Crippen LogP contribution in [0.2, 0.25) is 0 Å². The average molecular weight is 306 g/mol. The van der Waals surface area contributed by atoms with E-state index in [1.807, 2.05) is 0 Å². The molecule has 0 aromatic carbocycles. The van der Waals surface area contributed by atoms with E-state index in [0.717, 1.165) is 0 Å². The summed E-state index contributed by atoms with van der Waals surface area (Å²) < 4.78 is 0. The van der Waals surface area contributed by atoms with Gasteiger partial charge in [-0.25, -0.2) is 4.79 Å². The van der Waals surface area contributed by atoms with Crippen LogP contribution in [0.3, 0.4) is 0 Å². The van der Waals surface area contributed by atoms with Crippen molar-refractivity contribution in [1.82, 2.24) is 0 Å². The molecule has 0 aliphatic rings. The van der Waals surface area contributed by atoms with Crippen molar-refractivity contribution in [2.75, 3.05) is 0 Å². The predicted molar refractivity (Wildman–Crippen MR) is 76.1 cm³/mol. The minimum atomic E-state index is -2.74. The second-order valence-corrected chi connectivity index (χ2v) is 4.89. The number of hydrogen-bond donors (Lipinski definition) is 4. The molecule has 7 nitrogen and oxygen atoms in total. The Morgan fingerprint density at radius 1 is 0.762 bits per heavy atom. The first-order valence-corrected chi connectivity index (χ1v) is 7.09. The van der Waals surface area contributed by atoms with Gasteiger partial charge in [0.1, 0.15) is 0 Å². The van der Waals surface area contributed by atoms with Crippen molar-refractivity contribution in [3.8, 4) is 0 Å². The van der Waals surface area contributed by atoms with E-state index in [9.17, 15) is 14.4 Å². The Morgan fingerprint density at radius 3 is 1.29 bits per heavy atom. The van der Waals surface area contributed by atoms with Crippen molar-refractivity contribution in [3.63, 3.8) is 0 Å². The minimum Gasteiger partial charge on any atom is -0.481 e. The Balaban J connectivity index is 0. The van der Waals surface area contributed by atoms with E-state index in [0.29, 0.717) is 0 Å². The summed E-state index contributed by atoms with van der Waals surface area (Å²) in [7, 11) is 0. The molecule has 0 amide bonds. The molecule has 0 unspecified atom stereocenters. The summed E-state index contributed by atoms with van der Waals surface area (Å²) >= 11 is 0. The number of carbonyl (C=O) groups is 3. The van der Waals surface area contributed by atoms with Crippen LogP contribution >= 0.6 is 0 Å². The molecule has 21 heavy (non-hydrogen) atoms. The fourth-order valence-electron chi connectivity index (χ4n) is 1.57. The summed E-state index contributed by atoms with van der Waals surface area (Å²) in [6.07, 6.45) is 6.20. The van der Waals surface area contributed by atoms with Gasteiger partial charge in [0.2, 0.25) is 0 Å². The normalized spacial score (nSPS) is 10.4. The number of unbranched alkanes of at least 4 members (excludes halogenated alkanes) is 5. The van der Waals surface area contributed by atoms with Crippen molar-refractivity contribution in [2.24, 2.45) is 0 Å². The van der Waals surface area contributed by atoms with Crippen LogP contribution in [0, 0.1) is 0 Å². The second kappa shape index (κ2) is 12.1. The van der Waals surface area contributed by atoms with Gasteiger partial charge in [0.15, 0.2) is 5.60 Å². The van der Waals surface area contributed by atoms with Crippen molar-refractivity contribution in [1.29, 1.82) is 0 Å². The van der Waals surface area contributed by atoms with Gasteiger partial charge in [-0.15, -0.1) is 0 Å². The number of hydrogen-bond acceptors (Lipinski definition) is 4. The predicted octanol–water partition coefficient (Wildman–Crippen LogP) is 2.12. The van der Waals surface area contributed by atoms with Gasteiger partial charge < -0.3 is 20.4 Å². The molecule has 0 aliphatic heterocycles. The molecule has 0 radical (unpaired) electrons. The highest BCUT2D eigenvalue weighted by molar-refractivity contribution is 5.88. The monoisotopic (exact) mass is 306 g/mol. The summed E-state index contributed by atoms with van der Waals surface area (Å²) in [5.41, 5.74) is -2.74. The second-order valence-electron chi connectivity index (χ2n) is 4.89. The summed E-state index contributed by atoms with van der Waals surface area (Å²) in [5, 5.41) is 33.8. The van der Waals surface area contributed by atoms with Crippen LogP contribution < -0.4 is 0 Å². The fraction of sp³-hybridized carbons (Fsp3) is 0.786. The van der Waals surface area contributed by atoms with E-state index in [1.54, 1.807) is 0 Å². The van der Waals surface area contributed by atoms with Gasteiger partial charge in [0, 0.05) is 0 Å². The minimum absolute atomic E-state index is 1.14. The molecule has 0 aromatic heterocycles. The zero-order valence-electron chi connectivity index (χ0n) is 12.7. The first-order chi connectivity index (χ1) is 9.69. The third-order valence-corrected chi connectivity index (χ3v) is 2.74. The van der Waals surface area contributed by atoms with Gasteiger partial charge in [-0.1, -0.05) is 52.4 Å². The van der Waals surface area contributed by atoms with E-state index in [1.165, 1.54) is 38.5 Å². The molecular weight excluding hydrogens is 280 g/mol. The lowest BCUT2D eigenvalue weighted by Crippen LogP contribution is -2.42. The van der Waals surface area contributed by atoms with Gasteiger partial charge in [-0.3, -0.25) is 9.59 Å². The first kappa shape index (κ1) is 21.7. The zero-order chi connectivity index (χ0) is 16.9. The van der Waals surface area contributed by atoms with E-state index < -0.39 is 36.4 Å². The number of aliphatic hydroxyl groups is 1. The molecular formula is C14H26O7. The molecule has 7 heteroatoms. The Bertz CT molecular complexity index is 303. The van der Waals surface area contributed by atoms with E-state index in [-0.39, 0.29) is 0 Å². The molecule has 4 N–H and O–H groups in total. The van der Waals surface area contributed by atoms with E-state index in [2.05, 4.69) is 13.8 Å². The molecule has 0 saturated carbocycles. The molecule has 0 atom stereocenters. The summed E-state index contributed by atoms with van der Waals surface area (Å²) in [5.74, 6) is -5.02. The zero-order valence-corrected chi connectivity index (χ0v) is 12.7. The number of rotatable bonds is 10. The van der Waals surface area contributed by atoms with Crippen molar-refractivity contribution in [2.45, 2.75) is 70.8 Å². The Hall–Kier alpha value is -1.63. The summed E-state index contributed by atoms with van der Waals surface area (Å²) in [6.45, 7) is 4.51. The van der Waals surface area contributed by atoms with Crippen LogP contribution in [0.15, 0.2) is 0 Å². The lowest BCUT2D eigenvalue weighted by molar-refractivity contribution is -0.170. The van der Waals surface area contributed by atoms with Crippen molar-refractivity contribution >= 4 is 17.9 Å². The van der Waals surface area contributed by atoms with Crippen molar-refractivity contribution in [3.05, 3.63) is 0 Å². The number of aliphatic carboxylic acids is 3. The lowest BCUT2D eigenvalue weighted by Gasteiger charge is -2.18. The number of carboxylic acid groups (broad SMARTS) is 3. The molecule has 0 aliphatic carbocycles. The molecule has 0 aromatic rings. The van der Waals surface area contributed by atoms with Crippen molar-refractivity contribution < 1.29 is 34.8 Å². The Kier molecular flexibility index (Phi) is 12.5.